The topological polar surface area (TPSA) is 286 Å². The van der Waals surface area contributed by atoms with Crippen molar-refractivity contribution in [2.75, 3.05) is 0 Å². The number of rotatable bonds is 18. The van der Waals surface area contributed by atoms with Crippen LogP contribution in [0.25, 0.3) is 0 Å². The highest BCUT2D eigenvalue weighted by Crippen LogP contribution is 2.61. The molecule has 0 spiro atoms. The Morgan fingerprint density at radius 1 is 0.269 bits per heavy atom. The molecule has 0 bridgehead atoms. The van der Waals surface area contributed by atoms with Gasteiger partial charge in [-0.25, -0.2) is 64.0 Å². The highest BCUT2D eigenvalue weighted by molar-refractivity contribution is 7.87. The van der Waals surface area contributed by atoms with Crippen LogP contribution in [-0.4, -0.2) is 218 Å². The molecule has 0 aliphatic carbocycles. The van der Waals surface area contributed by atoms with Crippen LogP contribution in [0.3, 0.4) is 0 Å². The molecule has 0 amide bonds. The van der Waals surface area contributed by atoms with Crippen LogP contribution in [-0.2, 0) is 50.6 Å². The molecule has 8 atom stereocenters. The predicted molar refractivity (Wildman–Crippen MR) is 224 cm³/mol. The Kier molecular flexibility index (Phi) is 39.4. The average Bonchev–Trinajstić information content (AvgIpc) is 0.703. The molecular formula is C33H25F51O15S5. The fourth-order valence-electron chi connectivity index (χ4n) is 4.58. The van der Waals surface area contributed by atoms with E-state index in [0.717, 1.165) is 0 Å². The lowest BCUT2D eigenvalue weighted by Crippen LogP contribution is -2.72. The van der Waals surface area contributed by atoms with Gasteiger partial charge in [0.1, 0.15) is 55.8 Å². The highest BCUT2D eigenvalue weighted by Gasteiger charge is 2.91. The molecule has 15 nitrogen and oxygen atoms in total. The number of hydrogen-bond donors (Lipinski definition) is 0. The summed E-state index contributed by atoms with van der Waals surface area (Å²) in [6.07, 6.45) is -91.8. The zero-order chi connectivity index (χ0) is 83.4. The maximum Gasteiger partial charge on any atom is 0.460 e. The molecule has 0 rings (SSSR count). The Hall–Kier alpha value is -4.67. The molecule has 0 saturated carbocycles. The minimum atomic E-state index is -8.51. The molecule has 0 aromatic rings. The molecule has 0 aromatic carbocycles. The molecule has 0 radical (unpaired) electrons. The van der Waals surface area contributed by atoms with Crippen LogP contribution < -0.4 is 0 Å². The smallest absolute Gasteiger partial charge is 0.460 e. The van der Waals surface area contributed by atoms with Crippen molar-refractivity contribution in [2.45, 2.75) is 166 Å². The van der Waals surface area contributed by atoms with Gasteiger partial charge >= 0.3 is 114 Å². The van der Waals surface area contributed by atoms with Gasteiger partial charge in [-0.15, -0.1) is 0 Å². The Balaban J connectivity index is -0.000000133. The van der Waals surface area contributed by atoms with E-state index in [0.29, 0.717) is 0 Å². The highest BCUT2D eigenvalue weighted by atomic mass is 32.2. The molecule has 634 valence electrons. The van der Waals surface area contributed by atoms with Crippen molar-refractivity contribution in [1.82, 2.24) is 0 Å². The van der Waals surface area contributed by atoms with Gasteiger partial charge in [-0.05, 0) is 0 Å². The zero-order valence-electron chi connectivity index (χ0n) is 47.3. The molecular weight excluding hydrogens is 1770 g/mol. The van der Waals surface area contributed by atoms with Gasteiger partial charge in [0.25, 0.3) is 5.00 Å². The number of hydrogen-bond acceptors (Lipinski definition) is 15. The SMILES string of the molecule is O=S(=O)([O-])C(C(F)C(F)(F)C(F)(F)F)C(F)(F)F.O=S(=O)([O-])C(C(F)C(F)(F)F)C(F)(F)C(F)(F)F.O=S(=O)([O-])C(CC(F)(F)F)C(F)(F)C(F)(F)F.O=S(=O)([O-])C(F)(C(F)C(F)(F)C(F)(F)C(F)(F)C(F)(F)C(F)(F)F)C(F)(F)F.O=S(=O)([O-])C(F)(CC(F)(F)C(F)(F)F)C(F)(F)F.[CH3+].[CH3+].[CH3+].[CH3+].[CH3+]. The Morgan fingerprint density at radius 3 is 0.731 bits per heavy atom. The molecule has 0 heterocycles. The summed E-state index contributed by atoms with van der Waals surface area (Å²) in [5.74, 6) is -59.3. The van der Waals surface area contributed by atoms with Gasteiger partial charge in [-0.3, -0.25) is 0 Å². The molecule has 0 aliphatic heterocycles. The first-order valence-electron chi connectivity index (χ1n) is 20.0. The van der Waals surface area contributed by atoms with Crippen molar-refractivity contribution >= 4 is 50.6 Å². The second-order valence-electron chi connectivity index (χ2n) is 16.7. The van der Waals surface area contributed by atoms with E-state index < -0.39 is 217 Å². The third-order valence-corrected chi connectivity index (χ3v) is 15.2. The van der Waals surface area contributed by atoms with E-state index in [1.165, 1.54) is 0 Å². The fourth-order valence-corrected chi connectivity index (χ4v) is 8.53. The summed E-state index contributed by atoms with van der Waals surface area (Å²) >= 11 is 0. The van der Waals surface area contributed by atoms with Crippen LogP contribution in [0.5, 0.6) is 0 Å². The Labute approximate surface area is 542 Å². The van der Waals surface area contributed by atoms with Crippen LogP contribution in [0.4, 0.5) is 224 Å². The first-order chi connectivity index (χ1) is 41.3. The molecule has 0 N–H and O–H groups in total. The second kappa shape index (κ2) is 34.1. The fraction of sp³-hybridized carbons (Fsp3) is 0.848. The summed E-state index contributed by atoms with van der Waals surface area (Å²) in [5, 5.41) is -28.5. The van der Waals surface area contributed by atoms with Crippen LogP contribution in [0.15, 0.2) is 0 Å². The summed E-state index contributed by atoms with van der Waals surface area (Å²) in [7, 11) is -35.5. The van der Waals surface area contributed by atoms with Crippen molar-refractivity contribution < 1.29 is 289 Å². The minimum Gasteiger partial charge on any atom is -0.748 e. The van der Waals surface area contributed by atoms with Gasteiger partial charge in [-0.2, -0.15) is 202 Å². The Bertz CT molecular complexity index is 3250. The predicted octanol–water partition coefficient (Wildman–Crippen LogP) is 14.8. The molecule has 0 aliphatic rings. The first kappa shape index (κ1) is 120. The normalized spacial score (nSPS) is 17.6. The van der Waals surface area contributed by atoms with Crippen molar-refractivity contribution in [3.63, 3.8) is 0 Å². The molecule has 71 heteroatoms. The summed E-state index contributed by atoms with van der Waals surface area (Å²) < 4.78 is 769. The first-order valence-corrected chi connectivity index (χ1v) is 27.2. The quantitative estimate of drug-likeness (QED) is 0.0700. The van der Waals surface area contributed by atoms with E-state index in [9.17, 15) is 289 Å². The van der Waals surface area contributed by atoms with Gasteiger partial charge in [-0.1, -0.05) is 0 Å². The molecule has 0 fully saturated rings. The van der Waals surface area contributed by atoms with Gasteiger partial charge < -0.3 is 22.8 Å². The van der Waals surface area contributed by atoms with E-state index in [1.54, 1.807) is 0 Å². The van der Waals surface area contributed by atoms with E-state index in [-0.39, 0.29) is 37.1 Å². The zero-order valence-corrected chi connectivity index (χ0v) is 51.4. The largest absolute Gasteiger partial charge is 0.748 e. The lowest BCUT2D eigenvalue weighted by Gasteiger charge is -2.41. The molecule has 0 aromatic heterocycles. The van der Waals surface area contributed by atoms with Crippen LogP contribution >= 0.6 is 0 Å². The monoisotopic (exact) mass is 1790 g/mol. The van der Waals surface area contributed by atoms with Gasteiger partial charge in [0.15, 0.2) is 16.7 Å². The van der Waals surface area contributed by atoms with E-state index >= 15 is 0 Å². The maximum atomic E-state index is 13.3. The lowest BCUT2D eigenvalue weighted by molar-refractivity contribution is -0.430. The Morgan fingerprint density at radius 2 is 0.558 bits per heavy atom. The summed E-state index contributed by atoms with van der Waals surface area (Å²) in [5.41, 5.74) is 0. The van der Waals surface area contributed by atoms with Crippen LogP contribution in [0, 0.1) is 37.1 Å². The van der Waals surface area contributed by atoms with Gasteiger partial charge in [0, 0.05) is 37.1 Å². The average molecular weight is 1790 g/mol. The van der Waals surface area contributed by atoms with Gasteiger partial charge in [0.05, 0.1) is 12.8 Å². The third-order valence-electron chi connectivity index (χ3n) is 9.44. The van der Waals surface area contributed by atoms with E-state index in [4.69, 9.17) is 0 Å². The van der Waals surface area contributed by atoms with Crippen molar-refractivity contribution in [3.8, 4) is 0 Å². The maximum absolute atomic E-state index is 13.3. The summed E-state index contributed by atoms with van der Waals surface area (Å²) in [6, 6.07) is 0. The lowest BCUT2D eigenvalue weighted by atomic mass is 9.93. The molecule has 8 unspecified atom stereocenters. The number of alkyl halides is 51. The molecule has 0 saturated heterocycles. The van der Waals surface area contributed by atoms with E-state index in [1.807, 2.05) is 0 Å². The van der Waals surface area contributed by atoms with Crippen molar-refractivity contribution in [2.24, 2.45) is 0 Å². The van der Waals surface area contributed by atoms with Gasteiger partial charge in [0.2, 0.25) is 12.3 Å². The summed E-state index contributed by atoms with van der Waals surface area (Å²) in [6.45, 7) is 0. The van der Waals surface area contributed by atoms with Crippen LogP contribution in [0.1, 0.15) is 12.8 Å². The molecule has 104 heavy (non-hydrogen) atoms. The third kappa shape index (κ3) is 27.2. The number of halogens is 51. The van der Waals surface area contributed by atoms with Crippen LogP contribution in [0.2, 0.25) is 0 Å². The van der Waals surface area contributed by atoms with Crippen molar-refractivity contribution in [1.29, 1.82) is 0 Å². The standard InChI is InChI=1S/C8H2F16O3S.3C5H3F9O3S.C5H4F8O3S.5CH3/c9-1(3(12,7(19,20)21)28(25,26)27)2(10,11)4(13,14)5(15,16)6(17,18)8(22,23)24;6-1(4(9,10)11)2(18(15,16)17)3(7,8)5(12,13)14;6-2(7,4(9,10)11)1-3(8,5(12,13)14)18(15,16)17;6-1(3(7,8)5(12,13)14)2(4(9,10)11)18(15,16)17;6-3(7,8)1-2(17(14,15)16)4(9,10)5(11,12)13;;;;;/h1H,(H,25,26,27);1-2H,(H,15,16,17);1H2,(H,15,16,17);1-2H,(H,15,16,17);2H,1H2,(H,14,15,16);5*1H3/q;;;;;5*+1/p-5. The summed E-state index contributed by atoms with van der Waals surface area (Å²) in [4.78, 5) is 0. The second-order valence-corrected chi connectivity index (χ2v) is 24.3. The minimum absolute atomic E-state index is 0. The van der Waals surface area contributed by atoms with E-state index in [2.05, 4.69) is 0 Å². The van der Waals surface area contributed by atoms with Crippen molar-refractivity contribution in [3.05, 3.63) is 37.1 Å².